The molecule has 0 saturated carbocycles. The van der Waals surface area contributed by atoms with Gasteiger partial charge in [0.2, 0.25) is 0 Å². The Morgan fingerprint density at radius 1 is 1.18 bits per heavy atom. The molecule has 0 aliphatic heterocycles. The van der Waals surface area contributed by atoms with Gasteiger partial charge in [-0.2, -0.15) is 0 Å². The highest BCUT2D eigenvalue weighted by Gasteiger charge is 2.10. The Hall–Kier alpha value is -1.50. The van der Waals surface area contributed by atoms with E-state index in [1.165, 1.54) is 16.8 Å². The van der Waals surface area contributed by atoms with Crippen LogP contribution in [0.5, 0.6) is 0 Å². The van der Waals surface area contributed by atoms with E-state index in [1.807, 2.05) is 0 Å². The molecule has 1 aromatic rings. The largest absolute Gasteiger partial charge is 0.378 e. The van der Waals surface area contributed by atoms with Gasteiger partial charge in [-0.1, -0.05) is 42.0 Å². The summed E-state index contributed by atoms with van der Waals surface area (Å²) in [6.45, 7) is 2.14. The van der Waals surface area contributed by atoms with Crippen LogP contribution >= 0.6 is 0 Å². The molecule has 17 heavy (non-hydrogen) atoms. The van der Waals surface area contributed by atoms with E-state index < -0.39 is 0 Å². The van der Waals surface area contributed by atoms with Crippen molar-refractivity contribution in [1.29, 1.82) is 0 Å². The summed E-state index contributed by atoms with van der Waals surface area (Å²) >= 11 is 0. The number of allylic oxidation sites excluding steroid dienone is 3. The fourth-order valence-electron chi connectivity index (χ4n) is 2.16. The van der Waals surface area contributed by atoms with Crippen LogP contribution in [0.15, 0.2) is 48.2 Å². The highest BCUT2D eigenvalue weighted by Crippen LogP contribution is 2.21. The Balaban J connectivity index is 1.95. The molecule has 1 aromatic carbocycles. The summed E-state index contributed by atoms with van der Waals surface area (Å²) in [5.41, 5.74) is 4.10. The van der Waals surface area contributed by atoms with Crippen molar-refractivity contribution in [2.45, 2.75) is 19.8 Å². The molecular weight excluding hydrogens is 206 g/mol. The molecule has 0 N–H and O–H groups in total. The SMILES string of the molecule is Cc1ccc(CC2C=CC(N(C)C)=CC2)cc1. The smallest absolute Gasteiger partial charge is 0.0317 e. The molecule has 0 saturated heterocycles. The minimum absolute atomic E-state index is 0.654. The molecule has 0 aromatic heterocycles. The number of benzene rings is 1. The van der Waals surface area contributed by atoms with E-state index in [0.717, 1.165) is 12.8 Å². The predicted octanol–water partition coefficient (Wildman–Crippen LogP) is 3.56. The monoisotopic (exact) mass is 227 g/mol. The van der Waals surface area contributed by atoms with E-state index in [1.54, 1.807) is 0 Å². The average Bonchev–Trinajstić information content (AvgIpc) is 2.33. The first-order valence-corrected chi connectivity index (χ1v) is 6.26. The Bertz CT molecular complexity index is 423. The molecule has 1 unspecified atom stereocenters. The molecule has 1 nitrogen and oxygen atoms in total. The van der Waals surface area contributed by atoms with Crippen LogP contribution in [0.2, 0.25) is 0 Å². The molecule has 1 aliphatic rings. The summed E-state index contributed by atoms with van der Waals surface area (Å²) in [5.74, 6) is 0.654. The second kappa shape index (κ2) is 5.22. The van der Waals surface area contributed by atoms with Gasteiger partial charge in [-0.15, -0.1) is 0 Å². The zero-order valence-electron chi connectivity index (χ0n) is 11.0. The molecule has 2 rings (SSSR count). The van der Waals surface area contributed by atoms with Crippen molar-refractivity contribution >= 4 is 0 Å². The fraction of sp³-hybridized carbons (Fsp3) is 0.375. The molecule has 0 bridgehead atoms. The Labute approximate surface area is 104 Å². The zero-order valence-corrected chi connectivity index (χ0v) is 11.0. The van der Waals surface area contributed by atoms with Crippen LogP contribution in [0.25, 0.3) is 0 Å². The lowest BCUT2D eigenvalue weighted by atomic mass is 9.92. The molecule has 0 fully saturated rings. The van der Waals surface area contributed by atoms with Crippen molar-refractivity contribution in [3.8, 4) is 0 Å². The van der Waals surface area contributed by atoms with E-state index >= 15 is 0 Å². The molecule has 0 radical (unpaired) electrons. The van der Waals surface area contributed by atoms with Crippen LogP contribution in [-0.4, -0.2) is 19.0 Å². The first-order valence-electron chi connectivity index (χ1n) is 6.26. The molecular formula is C16H21N. The predicted molar refractivity (Wildman–Crippen MR) is 73.9 cm³/mol. The number of hydrogen-bond acceptors (Lipinski definition) is 1. The van der Waals surface area contributed by atoms with E-state index in [2.05, 4.69) is 68.4 Å². The molecule has 1 heteroatoms. The molecule has 1 aliphatic carbocycles. The van der Waals surface area contributed by atoms with Gasteiger partial charge in [-0.05, 0) is 37.3 Å². The molecule has 0 heterocycles. The summed E-state index contributed by atoms with van der Waals surface area (Å²) in [6.07, 6.45) is 9.21. The maximum Gasteiger partial charge on any atom is 0.0317 e. The van der Waals surface area contributed by atoms with Crippen molar-refractivity contribution < 1.29 is 0 Å². The Morgan fingerprint density at radius 2 is 1.88 bits per heavy atom. The van der Waals surface area contributed by atoms with Gasteiger partial charge in [0, 0.05) is 19.8 Å². The van der Waals surface area contributed by atoms with Crippen LogP contribution in [0, 0.1) is 12.8 Å². The zero-order chi connectivity index (χ0) is 12.3. The van der Waals surface area contributed by atoms with Gasteiger partial charge >= 0.3 is 0 Å². The maximum atomic E-state index is 2.34. The summed E-state index contributed by atoms with van der Waals surface area (Å²) in [5, 5.41) is 0. The minimum Gasteiger partial charge on any atom is -0.378 e. The van der Waals surface area contributed by atoms with Crippen LogP contribution in [-0.2, 0) is 6.42 Å². The van der Waals surface area contributed by atoms with E-state index in [0.29, 0.717) is 5.92 Å². The summed E-state index contributed by atoms with van der Waals surface area (Å²) < 4.78 is 0. The summed E-state index contributed by atoms with van der Waals surface area (Å²) in [6, 6.07) is 8.88. The van der Waals surface area contributed by atoms with E-state index in [-0.39, 0.29) is 0 Å². The third-order valence-corrected chi connectivity index (χ3v) is 3.30. The van der Waals surface area contributed by atoms with Crippen LogP contribution < -0.4 is 0 Å². The van der Waals surface area contributed by atoms with Gasteiger partial charge in [0.1, 0.15) is 0 Å². The van der Waals surface area contributed by atoms with Gasteiger partial charge in [-0.3, -0.25) is 0 Å². The topological polar surface area (TPSA) is 3.24 Å². The lowest BCUT2D eigenvalue weighted by molar-refractivity contribution is 0.512. The highest BCUT2D eigenvalue weighted by molar-refractivity contribution is 5.26. The second-order valence-corrected chi connectivity index (χ2v) is 5.07. The standard InChI is InChI=1S/C16H21N/c1-13-4-6-14(7-5-13)12-15-8-10-16(11-9-15)17(2)3/h4-8,10-11,15H,9,12H2,1-3H3. The molecule has 1 atom stereocenters. The number of rotatable bonds is 3. The van der Waals surface area contributed by atoms with Crippen molar-refractivity contribution in [2.24, 2.45) is 5.92 Å². The molecule has 0 spiro atoms. The summed E-state index contributed by atoms with van der Waals surface area (Å²) in [7, 11) is 4.19. The lowest BCUT2D eigenvalue weighted by Gasteiger charge is -2.21. The third kappa shape index (κ3) is 3.23. The quantitative estimate of drug-likeness (QED) is 0.763. The third-order valence-electron chi connectivity index (χ3n) is 3.30. The normalized spacial score (nSPS) is 19.0. The molecule has 0 amide bonds. The van der Waals surface area contributed by atoms with Gasteiger partial charge in [-0.25, -0.2) is 0 Å². The number of hydrogen-bond donors (Lipinski definition) is 0. The first-order chi connectivity index (χ1) is 8.15. The van der Waals surface area contributed by atoms with Crippen molar-refractivity contribution in [3.05, 3.63) is 59.3 Å². The van der Waals surface area contributed by atoms with Gasteiger partial charge in [0.25, 0.3) is 0 Å². The van der Waals surface area contributed by atoms with E-state index in [4.69, 9.17) is 0 Å². The summed E-state index contributed by atoms with van der Waals surface area (Å²) in [4.78, 5) is 2.17. The average molecular weight is 227 g/mol. The molecule has 90 valence electrons. The van der Waals surface area contributed by atoms with Crippen LogP contribution in [0.3, 0.4) is 0 Å². The number of nitrogens with zero attached hydrogens (tertiary/aromatic N) is 1. The van der Waals surface area contributed by atoms with Gasteiger partial charge in [0.15, 0.2) is 0 Å². The highest BCUT2D eigenvalue weighted by atomic mass is 15.1. The Kier molecular flexibility index (Phi) is 3.68. The van der Waals surface area contributed by atoms with Gasteiger partial charge < -0.3 is 4.90 Å². The number of aryl methyl sites for hydroxylation is 1. The Morgan fingerprint density at radius 3 is 2.41 bits per heavy atom. The van der Waals surface area contributed by atoms with Crippen molar-refractivity contribution in [1.82, 2.24) is 4.90 Å². The van der Waals surface area contributed by atoms with Crippen molar-refractivity contribution in [3.63, 3.8) is 0 Å². The van der Waals surface area contributed by atoms with Crippen molar-refractivity contribution in [2.75, 3.05) is 14.1 Å². The number of likely N-dealkylation sites (N-methyl/N-ethyl adjacent to an activating group) is 1. The second-order valence-electron chi connectivity index (χ2n) is 5.07. The van der Waals surface area contributed by atoms with Crippen LogP contribution in [0.4, 0.5) is 0 Å². The fourth-order valence-corrected chi connectivity index (χ4v) is 2.16. The first kappa shape index (κ1) is 12.0. The minimum atomic E-state index is 0.654. The van der Waals surface area contributed by atoms with Gasteiger partial charge in [0.05, 0.1) is 0 Å². The van der Waals surface area contributed by atoms with Crippen LogP contribution in [0.1, 0.15) is 17.5 Å². The maximum absolute atomic E-state index is 2.34. The lowest BCUT2D eigenvalue weighted by Crippen LogP contribution is -2.13. The van der Waals surface area contributed by atoms with E-state index in [9.17, 15) is 0 Å².